The molecule has 0 aromatic carbocycles. The summed E-state index contributed by atoms with van der Waals surface area (Å²) in [5, 5.41) is 0. The molecule has 1 aliphatic heterocycles. The van der Waals surface area contributed by atoms with Crippen molar-refractivity contribution >= 4 is 5.91 Å². The molecule has 0 spiro atoms. The molecule has 1 amide bonds. The van der Waals surface area contributed by atoms with Crippen molar-refractivity contribution in [2.24, 2.45) is 5.73 Å². The highest BCUT2D eigenvalue weighted by atomic mass is 16.5. The summed E-state index contributed by atoms with van der Waals surface area (Å²) in [5.41, 5.74) is 5.39. The minimum atomic E-state index is 0.159. The van der Waals surface area contributed by atoms with Gasteiger partial charge in [-0.15, -0.1) is 0 Å². The van der Waals surface area contributed by atoms with Gasteiger partial charge in [0.1, 0.15) is 0 Å². The van der Waals surface area contributed by atoms with Crippen molar-refractivity contribution in [2.45, 2.75) is 45.3 Å². The van der Waals surface area contributed by atoms with Crippen LogP contribution in [0.15, 0.2) is 0 Å². The molecule has 4 nitrogen and oxygen atoms in total. The van der Waals surface area contributed by atoms with Crippen LogP contribution >= 0.6 is 0 Å². The molecule has 0 aliphatic carbocycles. The Morgan fingerprint density at radius 1 is 1.33 bits per heavy atom. The number of carbonyl (C=O) groups excluding carboxylic acids is 1. The molecule has 0 aromatic heterocycles. The SMILES string of the molecule is C[C@@H]1CN(C(=O)CCCCN)C[C@H](C)O1. The van der Waals surface area contributed by atoms with Crippen LogP contribution in [0.1, 0.15) is 33.1 Å². The Balaban J connectivity index is 2.31. The Labute approximate surface area is 91.8 Å². The lowest BCUT2D eigenvalue weighted by atomic mass is 10.2. The number of nitrogens with two attached hydrogens (primary N) is 1. The van der Waals surface area contributed by atoms with E-state index in [-0.39, 0.29) is 18.1 Å². The van der Waals surface area contributed by atoms with Crippen LogP contribution in [-0.2, 0) is 9.53 Å². The molecule has 4 heteroatoms. The largest absolute Gasteiger partial charge is 0.372 e. The van der Waals surface area contributed by atoms with Gasteiger partial charge in [0, 0.05) is 19.5 Å². The van der Waals surface area contributed by atoms with E-state index >= 15 is 0 Å². The van der Waals surface area contributed by atoms with E-state index < -0.39 is 0 Å². The molecule has 1 heterocycles. The third-order valence-corrected chi connectivity index (χ3v) is 2.62. The fraction of sp³-hybridized carbons (Fsp3) is 0.909. The maximum Gasteiger partial charge on any atom is 0.222 e. The molecule has 15 heavy (non-hydrogen) atoms. The van der Waals surface area contributed by atoms with E-state index in [0.717, 1.165) is 25.9 Å². The van der Waals surface area contributed by atoms with E-state index in [9.17, 15) is 4.79 Å². The lowest BCUT2D eigenvalue weighted by Crippen LogP contribution is -2.48. The zero-order chi connectivity index (χ0) is 11.3. The second kappa shape index (κ2) is 6.08. The summed E-state index contributed by atoms with van der Waals surface area (Å²) < 4.78 is 5.58. The second-order valence-corrected chi connectivity index (χ2v) is 4.30. The standard InChI is InChI=1S/C11H22N2O2/c1-9-7-13(8-10(2)15-9)11(14)5-3-4-6-12/h9-10H,3-8,12H2,1-2H3/t9-,10+. The molecule has 1 aliphatic rings. The number of morpholine rings is 1. The van der Waals surface area contributed by atoms with Crippen molar-refractivity contribution in [3.05, 3.63) is 0 Å². The molecule has 0 unspecified atom stereocenters. The molecular weight excluding hydrogens is 192 g/mol. The second-order valence-electron chi connectivity index (χ2n) is 4.30. The van der Waals surface area contributed by atoms with Gasteiger partial charge in [0.05, 0.1) is 12.2 Å². The number of ether oxygens (including phenoxy) is 1. The molecule has 2 N–H and O–H groups in total. The first-order chi connectivity index (χ1) is 7.13. The summed E-state index contributed by atoms with van der Waals surface area (Å²) in [5.74, 6) is 0.241. The smallest absolute Gasteiger partial charge is 0.222 e. The van der Waals surface area contributed by atoms with Gasteiger partial charge >= 0.3 is 0 Å². The highest BCUT2D eigenvalue weighted by molar-refractivity contribution is 5.76. The predicted molar refractivity (Wildman–Crippen MR) is 59.5 cm³/mol. The minimum Gasteiger partial charge on any atom is -0.372 e. The van der Waals surface area contributed by atoms with Crippen LogP contribution in [0.25, 0.3) is 0 Å². The predicted octanol–water partition coefficient (Wildman–Crippen LogP) is 0.751. The zero-order valence-corrected chi connectivity index (χ0v) is 9.74. The Bertz CT molecular complexity index is 199. The molecule has 0 saturated carbocycles. The number of amides is 1. The lowest BCUT2D eigenvalue weighted by molar-refractivity contribution is -0.143. The molecule has 2 atom stereocenters. The highest BCUT2D eigenvalue weighted by Crippen LogP contribution is 2.12. The zero-order valence-electron chi connectivity index (χ0n) is 9.74. The molecule has 1 saturated heterocycles. The van der Waals surface area contributed by atoms with E-state index in [2.05, 4.69) is 0 Å². The number of unbranched alkanes of at least 4 members (excludes halogenated alkanes) is 1. The summed E-state index contributed by atoms with van der Waals surface area (Å²) in [6.07, 6.45) is 2.77. The van der Waals surface area contributed by atoms with Crippen LogP contribution in [0.3, 0.4) is 0 Å². The molecule has 1 rings (SSSR count). The van der Waals surface area contributed by atoms with Gasteiger partial charge in [0.15, 0.2) is 0 Å². The Hall–Kier alpha value is -0.610. The number of hydrogen-bond donors (Lipinski definition) is 1. The van der Waals surface area contributed by atoms with E-state index in [1.54, 1.807) is 0 Å². The number of rotatable bonds is 4. The van der Waals surface area contributed by atoms with Gasteiger partial charge in [0.2, 0.25) is 5.91 Å². The average molecular weight is 214 g/mol. The van der Waals surface area contributed by atoms with Gasteiger partial charge in [-0.3, -0.25) is 4.79 Å². The van der Waals surface area contributed by atoms with Crippen LogP contribution in [0.4, 0.5) is 0 Å². The number of hydrogen-bond acceptors (Lipinski definition) is 3. The van der Waals surface area contributed by atoms with Gasteiger partial charge in [-0.05, 0) is 33.2 Å². The van der Waals surface area contributed by atoms with Gasteiger partial charge in [0.25, 0.3) is 0 Å². The molecule has 0 bridgehead atoms. The van der Waals surface area contributed by atoms with Gasteiger partial charge in [-0.1, -0.05) is 0 Å². The fourth-order valence-electron chi connectivity index (χ4n) is 1.96. The molecule has 0 radical (unpaired) electrons. The maximum absolute atomic E-state index is 11.8. The van der Waals surface area contributed by atoms with Crippen molar-refractivity contribution < 1.29 is 9.53 Å². The molecule has 88 valence electrons. The normalized spacial score (nSPS) is 26.7. The molecular formula is C11H22N2O2. The summed E-state index contributed by atoms with van der Waals surface area (Å²) in [6.45, 7) is 6.15. The summed E-state index contributed by atoms with van der Waals surface area (Å²) in [4.78, 5) is 13.7. The maximum atomic E-state index is 11.8. The first-order valence-electron chi connectivity index (χ1n) is 5.76. The summed E-state index contributed by atoms with van der Waals surface area (Å²) in [6, 6.07) is 0. The van der Waals surface area contributed by atoms with Crippen LogP contribution in [-0.4, -0.2) is 42.6 Å². The quantitative estimate of drug-likeness (QED) is 0.703. The Kier molecular flexibility index (Phi) is 5.05. The molecule has 0 aromatic rings. The summed E-state index contributed by atoms with van der Waals surface area (Å²) >= 11 is 0. The van der Waals surface area contributed by atoms with E-state index in [4.69, 9.17) is 10.5 Å². The number of carbonyl (C=O) groups is 1. The monoisotopic (exact) mass is 214 g/mol. The van der Waals surface area contributed by atoms with Crippen molar-refractivity contribution in [2.75, 3.05) is 19.6 Å². The third-order valence-electron chi connectivity index (χ3n) is 2.62. The Morgan fingerprint density at radius 2 is 1.93 bits per heavy atom. The average Bonchev–Trinajstić information content (AvgIpc) is 2.16. The summed E-state index contributed by atoms with van der Waals surface area (Å²) in [7, 11) is 0. The Morgan fingerprint density at radius 3 is 2.47 bits per heavy atom. The van der Waals surface area contributed by atoms with Crippen molar-refractivity contribution in [1.29, 1.82) is 0 Å². The van der Waals surface area contributed by atoms with Crippen molar-refractivity contribution in [3.8, 4) is 0 Å². The molecule has 1 fully saturated rings. The van der Waals surface area contributed by atoms with Crippen molar-refractivity contribution in [1.82, 2.24) is 4.90 Å². The highest BCUT2D eigenvalue weighted by Gasteiger charge is 2.25. The first-order valence-corrected chi connectivity index (χ1v) is 5.76. The van der Waals surface area contributed by atoms with Gasteiger partial charge in [-0.25, -0.2) is 0 Å². The van der Waals surface area contributed by atoms with Crippen LogP contribution in [0, 0.1) is 0 Å². The topological polar surface area (TPSA) is 55.6 Å². The first kappa shape index (κ1) is 12.5. The van der Waals surface area contributed by atoms with Crippen LogP contribution in [0.2, 0.25) is 0 Å². The number of nitrogens with zero attached hydrogens (tertiary/aromatic N) is 1. The van der Waals surface area contributed by atoms with E-state index in [1.807, 2.05) is 18.7 Å². The fourth-order valence-corrected chi connectivity index (χ4v) is 1.96. The lowest BCUT2D eigenvalue weighted by Gasteiger charge is -2.35. The third kappa shape index (κ3) is 4.18. The van der Waals surface area contributed by atoms with Crippen LogP contribution in [0.5, 0.6) is 0 Å². The van der Waals surface area contributed by atoms with Gasteiger partial charge in [-0.2, -0.15) is 0 Å². The van der Waals surface area contributed by atoms with E-state index in [1.165, 1.54) is 0 Å². The van der Waals surface area contributed by atoms with Crippen molar-refractivity contribution in [3.63, 3.8) is 0 Å². The van der Waals surface area contributed by atoms with Gasteiger partial charge < -0.3 is 15.4 Å². The minimum absolute atomic E-state index is 0.159. The van der Waals surface area contributed by atoms with Crippen LogP contribution < -0.4 is 5.73 Å². The van der Waals surface area contributed by atoms with E-state index in [0.29, 0.717) is 13.0 Å².